The van der Waals surface area contributed by atoms with Crippen LogP contribution in [0.25, 0.3) is 10.9 Å². The molecule has 1 aliphatic rings. The Kier molecular flexibility index (Phi) is 7.28. The quantitative estimate of drug-likeness (QED) is 0.362. The third kappa shape index (κ3) is 5.26. The number of benzene rings is 2. The summed E-state index contributed by atoms with van der Waals surface area (Å²) in [6.45, 7) is 7.75. The highest BCUT2D eigenvalue weighted by Gasteiger charge is 2.35. The molecule has 188 valence electrons. The van der Waals surface area contributed by atoms with Gasteiger partial charge < -0.3 is 4.98 Å². The molecule has 0 amide bonds. The summed E-state index contributed by atoms with van der Waals surface area (Å²) in [6.07, 6.45) is 5.98. The summed E-state index contributed by atoms with van der Waals surface area (Å²) in [5.74, 6) is 1.14. The summed E-state index contributed by atoms with van der Waals surface area (Å²) in [6, 6.07) is 18.9. The summed E-state index contributed by atoms with van der Waals surface area (Å²) in [5, 5.41) is 14.1. The Balaban J connectivity index is 1.54. The van der Waals surface area contributed by atoms with E-state index in [0.717, 1.165) is 35.1 Å². The SMILES string of the molecule is Cc1ccc2[nH]c(=O)c(CN(C3CCCCC3)[C@H](c3nnnn3Cc3ccccc3)C(C)C)cc2c1. The van der Waals surface area contributed by atoms with Crippen molar-refractivity contribution in [1.29, 1.82) is 0 Å². The number of pyridine rings is 1. The number of rotatable bonds is 8. The Bertz CT molecular complexity index is 1350. The van der Waals surface area contributed by atoms with Crippen LogP contribution in [-0.4, -0.2) is 36.1 Å². The first kappa shape index (κ1) is 24.4. The second-order valence-corrected chi connectivity index (χ2v) is 10.5. The van der Waals surface area contributed by atoms with Crippen LogP contribution >= 0.6 is 0 Å². The van der Waals surface area contributed by atoms with Gasteiger partial charge in [-0.05, 0) is 65.3 Å². The van der Waals surface area contributed by atoms with Gasteiger partial charge in [-0.3, -0.25) is 9.69 Å². The van der Waals surface area contributed by atoms with Crippen LogP contribution in [0.4, 0.5) is 0 Å². The van der Waals surface area contributed by atoms with Crippen LogP contribution < -0.4 is 5.56 Å². The van der Waals surface area contributed by atoms with Gasteiger partial charge in [0, 0.05) is 23.7 Å². The zero-order chi connectivity index (χ0) is 25.1. The van der Waals surface area contributed by atoms with Gasteiger partial charge >= 0.3 is 0 Å². The van der Waals surface area contributed by atoms with E-state index in [1.165, 1.54) is 30.4 Å². The maximum atomic E-state index is 13.2. The lowest BCUT2D eigenvalue weighted by Crippen LogP contribution is -2.43. The van der Waals surface area contributed by atoms with E-state index in [2.05, 4.69) is 70.4 Å². The van der Waals surface area contributed by atoms with Crippen molar-refractivity contribution in [2.45, 2.75) is 78.0 Å². The number of aromatic amines is 1. The third-order valence-corrected chi connectivity index (χ3v) is 7.46. The lowest BCUT2D eigenvalue weighted by Gasteiger charge is -2.41. The van der Waals surface area contributed by atoms with Crippen LogP contribution in [0.5, 0.6) is 0 Å². The van der Waals surface area contributed by atoms with Crippen LogP contribution in [0.1, 0.15) is 74.5 Å². The van der Waals surface area contributed by atoms with Crippen LogP contribution in [0, 0.1) is 12.8 Å². The molecule has 2 aromatic heterocycles. The van der Waals surface area contributed by atoms with E-state index in [-0.39, 0.29) is 17.5 Å². The zero-order valence-corrected chi connectivity index (χ0v) is 21.5. The standard InChI is InChI=1S/C29H36N6O/c1-20(2)27(28-31-32-33-35(28)18-22-10-6-4-7-11-22)34(25-12-8-5-9-13-25)19-24-17-23-16-21(3)14-15-26(23)30-29(24)36/h4,6-7,10-11,14-17,20,25,27H,5,8-9,12-13,18-19H2,1-3H3,(H,30,36)/t27-/m0/s1. The molecule has 0 spiro atoms. The Morgan fingerprint density at radius 2 is 1.83 bits per heavy atom. The van der Waals surface area contributed by atoms with Gasteiger partial charge in [0.1, 0.15) is 0 Å². The van der Waals surface area contributed by atoms with E-state index in [1.807, 2.05) is 35.0 Å². The normalized spacial score (nSPS) is 15.7. The summed E-state index contributed by atoms with van der Waals surface area (Å²) >= 11 is 0. The van der Waals surface area contributed by atoms with E-state index >= 15 is 0 Å². The molecule has 1 saturated carbocycles. The lowest BCUT2D eigenvalue weighted by molar-refractivity contribution is 0.0611. The van der Waals surface area contributed by atoms with E-state index in [4.69, 9.17) is 0 Å². The van der Waals surface area contributed by atoms with E-state index < -0.39 is 0 Å². The number of hydrogen-bond donors (Lipinski definition) is 1. The molecule has 5 rings (SSSR count). The van der Waals surface area contributed by atoms with Gasteiger partial charge in [-0.15, -0.1) is 5.10 Å². The second kappa shape index (κ2) is 10.7. The fourth-order valence-electron chi connectivity index (χ4n) is 5.67. The molecule has 4 aromatic rings. The first-order chi connectivity index (χ1) is 17.5. The van der Waals surface area contributed by atoms with Crippen molar-refractivity contribution in [3.63, 3.8) is 0 Å². The maximum absolute atomic E-state index is 13.2. The smallest absolute Gasteiger partial charge is 0.252 e. The van der Waals surface area contributed by atoms with Gasteiger partial charge in [0.25, 0.3) is 5.56 Å². The molecule has 1 N–H and O–H groups in total. The van der Waals surface area contributed by atoms with E-state index in [0.29, 0.717) is 19.1 Å². The number of nitrogens with zero attached hydrogens (tertiary/aromatic N) is 5. The minimum atomic E-state index is -0.0152. The predicted octanol–water partition coefficient (Wildman–Crippen LogP) is 5.40. The van der Waals surface area contributed by atoms with Crippen molar-refractivity contribution in [2.75, 3.05) is 0 Å². The highest BCUT2D eigenvalue weighted by Crippen LogP contribution is 2.35. The zero-order valence-electron chi connectivity index (χ0n) is 21.5. The van der Waals surface area contributed by atoms with E-state index in [9.17, 15) is 4.79 Å². The molecule has 7 heteroatoms. The topological polar surface area (TPSA) is 79.7 Å². The molecule has 7 nitrogen and oxygen atoms in total. The fraction of sp³-hybridized carbons (Fsp3) is 0.448. The highest BCUT2D eigenvalue weighted by molar-refractivity contribution is 5.79. The molecule has 36 heavy (non-hydrogen) atoms. The monoisotopic (exact) mass is 484 g/mol. The molecule has 0 aliphatic heterocycles. The molecule has 0 radical (unpaired) electrons. The van der Waals surface area contributed by atoms with Crippen molar-refractivity contribution in [3.8, 4) is 0 Å². The Hall–Kier alpha value is -3.32. The Morgan fingerprint density at radius 1 is 1.06 bits per heavy atom. The predicted molar refractivity (Wildman–Crippen MR) is 143 cm³/mol. The van der Waals surface area contributed by atoms with Gasteiger partial charge in [0.2, 0.25) is 0 Å². The second-order valence-electron chi connectivity index (χ2n) is 10.5. The molecule has 2 aromatic carbocycles. The number of nitrogens with one attached hydrogen (secondary N) is 1. The minimum absolute atomic E-state index is 0.000538. The Labute approximate surface area is 212 Å². The summed E-state index contributed by atoms with van der Waals surface area (Å²) in [7, 11) is 0. The van der Waals surface area contributed by atoms with Crippen LogP contribution in [0.2, 0.25) is 0 Å². The number of aryl methyl sites for hydroxylation is 1. The van der Waals surface area contributed by atoms with Crippen LogP contribution in [0.15, 0.2) is 59.4 Å². The van der Waals surface area contributed by atoms with Crippen LogP contribution in [0.3, 0.4) is 0 Å². The Morgan fingerprint density at radius 3 is 2.58 bits per heavy atom. The molecule has 1 aliphatic carbocycles. The molecule has 0 saturated heterocycles. The lowest BCUT2D eigenvalue weighted by atomic mass is 9.90. The maximum Gasteiger partial charge on any atom is 0.252 e. The summed E-state index contributed by atoms with van der Waals surface area (Å²) in [5.41, 5.74) is 4.01. The molecule has 1 atom stereocenters. The number of H-pyrrole nitrogens is 1. The largest absolute Gasteiger partial charge is 0.322 e. The summed E-state index contributed by atoms with van der Waals surface area (Å²) in [4.78, 5) is 18.8. The van der Waals surface area contributed by atoms with Crippen LogP contribution in [-0.2, 0) is 13.1 Å². The van der Waals surface area contributed by atoms with Crippen molar-refractivity contribution in [3.05, 3.63) is 87.5 Å². The van der Waals surface area contributed by atoms with Crippen molar-refractivity contribution in [2.24, 2.45) is 5.92 Å². The average molecular weight is 485 g/mol. The molecular weight excluding hydrogens is 448 g/mol. The van der Waals surface area contributed by atoms with Gasteiger partial charge in [-0.1, -0.05) is 75.1 Å². The van der Waals surface area contributed by atoms with Gasteiger partial charge in [0.05, 0.1) is 12.6 Å². The number of hydrogen-bond acceptors (Lipinski definition) is 5. The van der Waals surface area contributed by atoms with Gasteiger partial charge in [-0.2, -0.15) is 0 Å². The average Bonchev–Trinajstić information content (AvgIpc) is 3.32. The van der Waals surface area contributed by atoms with Crippen molar-refractivity contribution in [1.82, 2.24) is 30.1 Å². The highest BCUT2D eigenvalue weighted by atomic mass is 16.1. The van der Waals surface area contributed by atoms with Crippen molar-refractivity contribution < 1.29 is 0 Å². The van der Waals surface area contributed by atoms with Gasteiger partial charge in [0.15, 0.2) is 5.82 Å². The molecule has 2 heterocycles. The minimum Gasteiger partial charge on any atom is -0.322 e. The molecule has 0 unspecified atom stereocenters. The molecule has 1 fully saturated rings. The fourth-order valence-corrected chi connectivity index (χ4v) is 5.67. The first-order valence-corrected chi connectivity index (χ1v) is 13.2. The molecular formula is C29H36N6O. The molecule has 0 bridgehead atoms. The van der Waals surface area contributed by atoms with Crippen molar-refractivity contribution >= 4 is 10.9 Å². The third-order valence-electron chi connectivity index (χ3n) is 7.46. The first-order valence-electron chi connectivity index (χ1n) is 13.2. The van der Waals surface area contributed by atoms with Gasteiger partial charge in [-0.25, -0.2) is 4.68 Å². The number of aromatic nitrogens is 5. The number of tetrazole rings is 1. The summed E-state index contributed by atoms with van der Waals surface area (Å²) < 4.78 is 1.93. The van der Waals surface area contributed by atoms with E-state index in [1.54, 1.807) is 0 Å². The number of fused-ring (bicyclic) bond motifs is 1.